The minimum Gasteiger partial charge on any atom is -0.341 e. The van der Waals surface area contributed by atoms with Crippen LogP contribution < -0.4 is 10.6 Å². The molecule has 0 aromatic heterocycles. The topological polar surface area (TPSA) is 29.3 Å². The lowest BCUT2D eigenvalue weighted by atomic mass is 10.1. The predicted molar refractivity (Wildman–Crippen MR) is 83.9 cm³/mol. The van der Waals surface area contributed by atoms with Crippen LogP contribution in [0.3, 0.4) is 0 Å². The van der Waals surface area contributed by atoms with E-state index in [0.29, 0.717) is 0 Å². The quantitative estimate of drug-likeness (QED) is 0.901. The molecule has 2 aromatic carbocycles. The molecule has 2 nitrogen and oxygen atoms in total. The van der Waals surface area contributed by atoms with Gasteiger partial charge in [-0.25, -0.2) is 0 Å². The highest BCUT2D eigenvalue weighted by molar-refractivity contribution is 9.10. The average Bonchev–Trinajstić information content (AvgIpc) is 2.82. The van der Waals surface area contributed by atoms with Crippen LogP contribution in [-0.4, -0.2) is 6.54 Å². The number of benzene rings is 2. The normalized spacial score (nSPS) is 15.4. The van der Waals surface area contributed by atoms with Gasteiger partial charge in [0.2, 0.25) is 0 Å². The summed E-state index contributed by atoms with van der Waals surface area (Å²) in [6, 6.07) is 15.0. The first-order chi connectivity index (χ1) is 9.16. The van der Waals surface area contributed by atoms with Crippen molar-refractivity contribution >= 4 is 27.3 Å². The van der Waals surface area contributed by atoms with Crippen LogP contribution in [0.1, 0.15) is 24.1 Å². The standard InChI is InChI=1S/C16H17BrN2/c1-11(18)14-10-13(17)6-7-16(14)19-9-8-12-4-2-3-5-15(12)19/h2-7,10-11H,8-9,18H2,1H3. The van der Waals surface area contributed by atoms with E-state index in [1.165, 1.54) is 22.5 Å². The maximum atomic E-state index is 6.12. The molecule has 0 saturated heterocycles. The van der Waals surface area contributed by atoms with E-state index in [2.05, 4.69) is 63.3 Å². The summed E-state index contributed by atoms with van der Waals surface area (Å²) in [5, 5.41) is 0. The lowest BCUT2D eigenvalue weighted by molar-refractivity contribution is 0.810. The van der Waals surface area contributed by atoms with Crippen molar-refractivity contribution < 1.29 is 0 Å². The van der Waals surface area contributed by atoms with E-state index >= 15 is 0 Å². The van der Waals surface area contributed by atoms with Crippen molar-refractivity contribution in [2.45, 2.75) is 19.4 Å². The van der Waals surface area contributed by atoms with Crippen LogP contribution in [0.2, 0.25) is 0 Å². The Kier molecular flexibility index (Phi) is 3.33. The van der Waals surface area contributed by atoms with Crippen molar-refractivity contribution in [1.82, 2.24) is 0 Å². The number of anilines is 2. The van der Waals surface area contributed by atoms with E-state index in [-0.39, 0.29) is 6.04 Å². The number of fused-ring (bicyclic) bond motifs is 1. The third kappa shape index (κ3) is 2.28. The largest absolute Gasteiger partial charge is 0.341 e. The molecule has 0 amide bonds. The third-order valence-corrected chi connectivity index (χ3v) is 4.15. The maximum Gasteiger partial charge on any atom is 0.0460 e. The van der Waals surface area contributed by atoms with E-state index in [9.17, 15) is 0 Å². The molecule has 19 heavy (non-hydrogen) atoms. The second kappa shape index (κ2) is 4.99. The van der Waals surface area contributed by atoms with Crippen molar-refractivity contribution in [3.05, 3.63) is 58.1 Å². The van der Waals surface area contributed by atoms with Crippen LogP contribution in [0.15, 0.2) is 46.9 Å². The fourth-order valence-electron chi connectivity index (χ4n) is 2.72. The Labute approximate surface area is 122 Å². The van der Waals surface area contributed by atoms with Gasteiger partial charge in [0.1, 0.15) is 0 Å². The molecule has 0 radical (unpaired) electrons. The Hall–Kier alpha value is -1.32. The van der Waals surface area contributed by atoms with Gasteiger partial charge in [-0.1, -0.05) is 34.1 Å². The average molecular weight is 317 g/mol. The summed E-state index contributed by atoms with van der Waals surface area (Å²) in [7, 11) is 0. The van der Waals surface area contributed by atoms with E-state index in [4.69, 9.17) is 5.73 Å². The lowest BCUT2D eigenvalue weighted by Gasteiger charge is -2.24. The van der Waals surface area contributed by atoms with Crippen molar-refractivity contribution in [2.24, 2.45) is 5.73 Å². The first kappa shape index (κ1) is 12.7. The molecule has 1 heterocycles. The Bertz CT molecular complexity index is 607. The van der Waals surface area contributed by atoms with E-state index < -0.39 is 0 Å². The van der Waals surface area contributed by atoms with Gasteiger partial charge in [-0.15, -0.1) is 0 Å². The smallest absolute Gasteiger partial charge is 0.0460 e. The van der Waals surface area contributed by atoms with E-state index in [1.807, 2.05) is 6.92 Å². The molecule has 1 atom stereocenters. The Morgan fingerprint density at radius 1 is 1.16 bits per heavy atom. The summed E-state index contributed by atoms with van der Waals surface area (Å²) < 4.78 is 1.08. The molecule has 1 aliphatic rings. The van der Waals surface area contributed by atoms with Crippen LogP contribution in [0.5, 0.6) is 0 Å². The van der Waals surface area contributed by atoms with Crippen molar-refractivity contribution in [1.29, 1.82) is 0 Å². The molecule has 0 fully saturated rings. The van der Waals surface area contributed by atoms with Crippen molar-refractivity contribution in [2.75, 3.05) is 11.4 Å². The van der Waals surface area contributed by atoms with Crippen molar-refractivity contribution in [3.8, 4) is 0 Å². The molecule has 1 aliphatic heterocycles. The highest BCUT2D eigenvalue weighted by Crippen LogP contribution is 2.38. The highest BCUT2D eigenvalue weighted by Gasteiger charge is 2.22. The maximum absolute atomic E-state index is 6.12. The first-order valence-electron chi connectivity index (χ1n) is 6.57. The van der Waals surface area contributed by atoms with Gasteiger partial charge in [-0.3, -0.25) is 0 Å². The molecule has 3 rings (SSSR count). The molecule has 3 heteroatoms. The van der Waals surface area contributed by atoms with Crippen molar-refractivity contribution in [3.63, 3.8) is 0 Å². The fourth-order valence-corrected chi connectivity index (χ4v) is 3.10. The summed E-state index contributed by atoms with van der Waals surface area (Å²) in [5.74, 6) is 0. The highest BCUT2D eigenvalue weighted by atomic mass is 79.9. The van der Waals surface area contributed by atoms with E-state index in [1.54, 1.807) is 0 Å². The molecule has 1 unspecified atom stereocenters. The minimum atomic E-state index is 0.0280. The Balaban J connectivity index is 2.09. The molecule has 0 bridgehead atoms. The Morgan fingerprint density at radius 2 is 1.95 bits per heavy atom. The SMILES string of the molecule is CC(N)c1cc(Br)ccc1N1CCc2ccccc21. The molecule has 0 saturated carbocycles. The van der Waals surface area contributed by atoms with Gasteiger partial charge >= 0.3 is 0 Å². The van der Waals surface area contributed by atoms with Crippen LogP contribution in [-0.2, 0) is 6.42 Å². The zero-order valence-electron chi connectivity index (χ0n) is 10.9. The first-order valence-corrected chi connectivity index (χ1v) is 7.36. The molecule has 0 aliphatic carbocycles. The molecular weight excluding hydrogens is 300 g/mol. The zero-order valence-corrected chi connectivity index (χ0v) is 12.5. The van der Waals surface area contributed by atoms with E-state index in [0.717, 1.165) is 17.4 Å². The zero-order chi connectivity index (χ0) is 13.4. The molecule has 2 N–H and O–H groups in total. The van der Waals surface area contributed by atoms with Gasteiger partial charge in [-0.05, 0) is 48.7 Å². The summed E-state index contributed by atoms with van der Waals surface area (Å²) >= 11 is 3.53. The number of hydrogen-bond acceptors (Lipinski definition) is 2. The second-order valence-corrected chi connectivity index (χ2v) is 5.94. The lowest BCUT2D eigenvalue weighted by Crippen LogP contribution is -2.18. The Morgan fingerprint density at radius 3 is 2.74 bits per heavy atom. The van der Waals surface area contributed by atoms with Gasteiger partial charge in [0.05, 0.1) is 0 Å². The summed E-state index contributed by atoms with van der Waals surface area (Å²) in [5.41, 5.74) is 11.3. The van der Waals surface area contributed by atoms with Gasteiger partial charge in [0, 0.05) is 28.4 Å². The van der Waals surface area contributed by atoms with Gasteiger partial charge in [-0.2, -0.15) is 0 Å². The number of nitrogens with two attached hydrogens (primary N) is 1. The fraction of sp³-hybridized carbons (Fsp3) is 0.250. The molecule has 98 valence electrons. The summed E-state index contributed by atoms with van der Waals surface area (Å²) in [6.07, 6.45) is 1.10. The number of para-hydroxylation sites is 1. The van der Waals surface area contributed by atoms with Crippen LogP contribution in [0, 0.1) is 0 Å². The van der Waals surface area contributed by atoms with Gasteiger partial charge < -0.3 is 10.6 Å². The third-order valence-electron chi connectivity index (χ3n) is 3.66. The molecular formula is C16H17BrN2. The predicted octanol–water partition coefficient (Wildman–Crippen LogP) is 4.16. The summed E-state index contributed by atoms with van der Waals surface area (Å²) in [6.45, 7) is 3.06. The monoisotopic (exact) mass is 316 g/mol. The number of nitrogens with zero attached hydrogens (tertiary/aromatic N) is 1. The van der Waals surface area contributed by atoms with Gasteiger partial charge in [0.25, 0.3) is 0 Å². The number of hydrogen-bond donors (Lipinski definition) is 1. The number of halogens is 1. The van der Waals surface area contributed by atoms with Crippen LogP contribution in [0.25, 0.3) is 0 Å². The van der Waals surface area contributed by atoms with Crippen LogP contribution >= 0.6 is 15.9 Å². The molecule has 2 aromatic rings. The molecule has 0 spiro atoms. The summed E-state index contributed by atoms with van der Waals surface area (Å²) in [4.78, 5) is 2.38. The minimum absolute atomic E-state index is 0.0280. The number of rotatable bonds is 2. The van der Waals surface area contributed by atoms with Crippen LogP contribution in [0.4, 0.5) is 11.4 Å². The van der Waals surface area contributed by atoms with Gasteiger partial charge in [0.15, 0.2) is 0 Å². The second-order valence-electron chi connectivity index (χ2n) is 5.02.